The Labute approximate surface area is 101 Å². The fraction of sp³-hybridized carbons (Fsp3) is 0.500. The zero-order chi connectivity index (χ0) is 12.8. The number of phenols is 1. The average Bonchev–Trinajstić information content (AvgIpc) is 2.34. The van der Waals surface area contributed by atoms with E-state index >= 15 is 0 Å². The Morgan fingerprint density at radius 3 is 2.18 bits per heavy atom. The smallest absolute Gasteiger partial charge is 0.131 e. The van der Waals surface area contributed by atoms with Crippen LogP contribution < -0.4 is 15.2 Å². The predicted molar refractivity (Wildman–Crippen MR) is 64.5 cm³/mol. The zero-order valence-corrected chi connectivity index (χ0v) is 10.1. The lowest BCUT2D eigenvalue weighted by molar-refractivity contribution is 0.278. The van der Waals surface area contributed by atoms with Crippen molar-refractivity contribution in [3.05, 3.63) is 17.7 Å². The first-order valence-corrected chi connectivity index (χ1v) is 5.45. The van der Waals surface area contributed by atoms with Gasteiger partial charge in [0.1, 0.15) is 17.2 Å². The minimum Gasteiger partial charge on any atom is -0.508 e. The molecule has 0 spiro atoms. The number of hydrogen-bond donors (Lipinski definition) is 3. The molecule has 4 N–H and O–H groups in total. The van der Waals surface area contributed by atoms with Gasteiger partial charge in [-0.25, -0.2) is 0 Å². The van der Waals surface area contributed by atoms with Crippen molar-refractivity contribution in [3.8, 4) is 17.2 Å². The number of aromatic hydroxyl groups is 1. The van der Waals surface area contributed by atoms with Crippen LogP contribution in [0.5, 0.6) is 17.2 Å². The average molecular weight is 241 g/mol. The normalized spacial score (nSPS) is 12.2. The first-order valence-electron chi connectivity index (χ1n) is 5.45. The molecule has 0 aliphatic heterocycles. The summed E-state index contributed by atoms with van der Waals surface area (Å²) in [7, 11) is 3.02. The van der Waals surface area contributed by atoms with Gasteiger partial charge in [0.2, 0.25) is 0 Å². The zero-order valence-electron chi connectivity index (χ0n) is 10.1. The van der Waals surface area contributed by atoms with Crippen LogP contribution in [0.1, 0.15) is 24.4 Å². The van der Waals surface area contributed by atoms with Crippen molar-refractivity contribution in [2.45, 2.75) is 18.9 Å². The van der Waals surface area contributed by atoms with Gasteiger partial charge in [0.15, 0.2) is 0 Å². The maximum Gasteiger partial charge on any atom is 0.131 e. The molecule has 0 unspecified atom stereocenters. The highest BCUT2D eigenvalue weighted by molar-refractivity contribution is 5.51. The molecule has 0 fully saturated rings. The molecular weight excluding hydrogens is 222 g/mol. The third kappa shape index (κ3) is 3.25. The lowest BCUT2D eigenvalue weighted by Gasteiger charge is -2.19. The molecule has 0 saturated heterocycles. The molecule has 1 rings (SSSR count). The third-order valence-electron chi connectivity index (χ3n) is 2.57. The Balaban J connectivity index is 3.09. The quantitative estimate of drug-likeness (QED) is 0.696. The van der Waals surface area contributed by atoms with Gasteiger partial charge in [0, 0.05) is 24.8 Å². The van der Waals surface area contributed by atoms with E-state index in [0.717, 1.165) is 0 Å². The summed E-state index contributed by atoms with van der Waals surface area (Å²) in [5.74, 6) is 1.05. The molecule has 5 heteroatoms. The molecule has 0 aliphatic carbocycles. The number of aliphatic hydroxyl groups is 1. The van der Waals surface area contributed by atoms with Gasteiger partial charge in [-0.3, -0.25) is 0 Å². The van der Waals surface area contributed by atoms with Crippen molar-refractivity contribution in [3.63, 3.8) is 0 Å². The van der Waals surface area contributed by atoms with Crippen LogP contribution in [0.25, 0.3) is 0 Å². The largest absolute Gasteiger partial charge is 0.508 e. The Morgan fingerprint density at radius 2 is 1.76 bits per heavy atom. The summed E-state index contributed by atoms with van der Waals surface area (Å²) in [5.41, 5.74) is 6.74. The highest BCUT2D eigenvalue weighted by atomic mass is 16.5. The second kappa shape index (κ2) is 6.32. The summed E-state index contributed by atoms with van der Waals surface area (Å²) in [5, 5.41) is 18.3. The van der Waals surface area contributed by atoms with Crippen molar-refractivity contribution in [1.82, 2.24) is 0 Å². The first-order chi connectivity index (χ1) is 8.13. The maximum atomic E-state index is 9.50. The summed E-state index contributed by atoms with van der Waals surface area (Å²) in [6.07, 6.45) is 1.22. The SMILES string of the molecule is COc1cc(O)cc(OC)c1[C@@H](N)CCCO. The molecule has 0 aliphatic rings. The number of hydrogen-bond acceptors (Lipinski definition) is 5. The summed E-state index contributed by atoms with van der Waals surface area (Å²) in [6, 6.07) is 2.69. The van der Waals surface area contributed by atoms with Crippen molar-refractivity contribution < 1.29 is 19.7 Å². The molecular formula is C12H19NO4. The number of aliphatic hydroxyl groups excluding tert-OH is 1. The maximum absolute atomic E-state index is 9.50. The summed E-state index contributed by atoms with van der Waals surface area (Å²) >= 11 is 0. The van der Waals surface area contributed by atoms with Gasteiger partial charge < -0.3 is 25.4 Å². The van der Waals surface area contributed by atoms with Crippen molar-refractivity contribution in [2.24, 2.45) is 5.73 Å². The van der Waals surface area contributed by atoms with Gasteiger partial charge in [-0.05, 0) is 12.8 Å². The molecule has 1 atom stereocenters. The van der Waals surface area contributed by atoms with Crippen molar-refractivity contribution in [2.75, 3.05) is 20.8 Å². The summed E-state index contributed by atoms with van der Waals surface area (Å²) in [6.45, 7) is 0.0937. The Bertz CT molecular complexity index is 343. The predicted octanol–water partition coefficient (Wildman–Crippen LogP) is 1.18. The van der Waals surface area contributed by atoms with Crippen LogP contribution in [-0.2, 0) is 0 Å². The number of ether oxygens (including phenoxy) is 2. The molecule has 17 heavy (non-hydrogen) atoms. The van der Waals surface area contributed by atoms with E-state index in [1.54, 1.807) is 0 Å². The van der Waals surface area contributed by atoms with Crippen LogP contribution in [-0.4, -0.2) is 31.0 Å². The topological polar surface area (TPSA) is 84.9 Å². The van der Waals surface area contributed by atoms with E-state index in [-0.39, 0.29) is 18.4 Å². The van der Waals surface area contributed by atoms with E-state index in [1.807, 2.05) is 0 Å². The molecule has 96 valence electrons. The van der Waals surface area contributed by atoms with Crippen LogP contribution in [0.3, 0.4) is 0 Å². The lowest BCUT2D eigenvalue weighted by Crippen LogP contribution is -2.13. The van der Waals surface area contributed by atoms with Crippen LogP contribution in [0, 0.1) is 0 Å². The van der Waals surface area contributed by atoms with Gasteiger partial charge >= 0.3 is 0 Å². The van der Waals surface area contributed by atoms with Gasteiger partial charge in [-0.15, -0.1) is 0 Å². The number of methoxy groups -OCH3 is 2. The molecule has 1 aromatic rings. The molecule has 1 aromatic carbocycles. The van der Waals surface area contributed by atoms with Crippen LogP contribution in [0.2, 0.25) is 0 Å². The molecule has 0 bridgehead atoms. The van der Waals surface area contributed by atoms with Gasteiger partial charge in [0.25, 0.3) is 0 Å². The Morgan fingerprint density at radius 1 is 1.24 bits per heavy atom. The standard InChI is InChI=1S/C12H19NO4/c1-16-10-6-8(15)7-11(17-2)12(10)9(13)4-3-5-14/h6-7,9,14-15H,3-5,13H2,1-2H3/t9-/m0/s1. The molecule has 0 saturated carbocycles. The van der Waals surface area contributed by atoms with E-state index in [4.69, 9.17) is 20.3 Å². The van der Waals surface area contributed by atoms with Crippen molar-refractivity contribution >= 4 is 0 Å². The van der Waals surface area contributed by atoms with E-state index in [2.05, 4.69) is 0 Å². The third-order valence-corrected chi connectivity index (χ3v) is 2.57. The van der Waals surface area contributed by atoms with Crippen LogP contribution in [0.4, 0.5) is 0 Å². The molecule has 0 amide bonds. The molecule has 0 radical (unpaired) electrons. The number of rotatable bonds is 6. The van der Waals surface area contributed by atoms with E-state index < -0.39 is 0 Å². The molecule has 0 aromatic heterocycles. The molecule has 0 heterocycles. The van der Waals surface area contributed by atoms with Crippen LogP contribution in [0.15, 0.2) is 12.1 Å². The highest BCUT2D eigenvalue weighted by Crippen LogP contribution is 2.38. The summed E-state index contributed by atoms with van der Waals surface area (Å²) in [4.78, 5) is 0. The fourth-order valence-electron chi connectivity index (χ4n) is 1.75. The Kier molecular flexibility index (Phi) is 5.06. The van der Waals surface area contributed by atoms with Gasteiger partial charge in [-0.1, -0.05) is 0 Å². The van der Waals surface area contributed by atoms with Gasteiger partial charge in [0.05, 0.1) is 19.8 Å². The van der Waals surface area contributed by atoms with Crippen molar-refractivity contribution in [1.29, 1.82) is 0 Å². The van der Waals surface area contributed by atoms with E-state index in [0.29, 0.717) is 29.9 Å². The monoisotopic (exact) mass is 241 g/mol. The first kappa shape index (κ1) is 13.6. The Hall–Kier alpha value is -1.46. The lowest BCUT2D eigenvalue weighted by atomic mass is 10.0. The van der Waals surface area contributed by atoms with E-state index in [9.17, 15) is 5.11 Å². The molecule has 5 nitrogen and oxygen atoms in total. The fourth-order valence-corrected chi connectivity index (χ4v) is 1.75. The second-order valence-corrected chi connectivity index (χ2v) is 3.74. The number of phenolic OH excluding ortho intramolecular Hbond substituents is 1. The summed E-state index contributed by atoms with van der Waals surface area (Å²) < 4.78 is 10.4. The van der Waals surface area contributed by atoms with Gasteiger partial charge in [-0.2, -0.15) is 0 Å². The highest BCUT2D eigenvalue weighted by Gasteiger charge is 2.18. The second-order valence-electron chi connectivity index (χ2n) is 3.74. The van der Waals surface area contributed by atoms with E-state index in [1.165, 1.54) is 26.4 Å². The number of nitrogens with two attached hydrogens (primary N) is 1. The minimum atomic E-state index is -0.298. The number of benzene rings is 1. The minimum absolute atomic E-state index is 0.0665. The van der Waals surface area contributed by atoms with Crippen LogP contribution >= 0.6 is 0 Å².